The minimum atomic E-state index is -0.540. The Balaban J connectivity index is 1.41. The SMILES string of the molecule is COc1cc(C(=O)NNC(=O)c2oc3ccccc3c2C)ccc1OCc1ccccc1. The molecule has 1 aromatic heterocycles. The standard InChI is InChI=1S/C25H22N2O5/c1-16-19-10-6-7-11-20(19)32-23(16)25(29)27-26-24(28)18-12-13-21(22(14-18)30-2)31-15-17-8-4-3-5-9-17/h3-14H,15H2,1-2H3,(H,26,28)(H,27,29). The van der Waals surface area contributed by atoms with Crippen molar-refractivity contribution in [2.45, 2.75) is 13.5 Å². The molecule has 4 aromatic rings. The molecule has 7 nitrogen and oxygen atoms in total. The molecule has 32 heavy (non-hydrogen) atoms. The first-order valence-electron chi connectivity index (χ1n) is 10.0. The molecule has 0 atom stereocenters. The molecule has 0 aliphatic heterocycles. The number of hydrogen-bond donors (Lipinski definition) is 2. The lowest BCUT2D eigenvalue weighted by atomic mass is 10.1. The molecular formula is C25H22N2O5. The summed E-state index contributed by atoms with van der Waals surface area (Å²) in [6, 6.07) is 21.9. The van der Waals surface area contributed by atoms with Crippen LogP contribution in [-0.2, 0) is 6.61 Å². The summed E-state index contributed by atoms with van der Waals surface area (Å²) in [4.78, 5) is 25.0. The number of benzene rings is 3. The minimum absolute atomic E-state index is 0.147. The van der Waals surface area contributed by atoms with Gasteiger partial charge in [-0.3, -0.25) is 20.4 Å². The Morgan fingerprint density at radius 2 is 1.59 bits per heavy atom. The van der Waals surface area contributed by atoms with E-state index in [1.165, 1.54) is 7.11 Å². The van der Waals surface area contributed by atoms with Gasteiger partial charge in [-0.1, -0.05) is 48.5 Å². The summed E-state index contributed by atoms with van der Waals surface area (Å²) in [7, 11) is 1.50. The Hall–Kier alpha value is -4.26. The monoisotopic (exact) mass is 430 g/mol. The third-order valence-electron chi connectivity index (χ3n) is 5.00. The molecule has 0 fully saturated rings. The second-order valence-electron chi connectivity index (χ2n) is 7.10. The zero-order valence-electron chi connectivity index (χ0n) is 17.7. The van der Waals surface area contributed by atoms with Gasteiger partial charge in [-0.25, -0.2) is 0 Å². The molecule has 3 aromatic carbocycles. The number of methoxy groups -OCH3 is 1. The number of hydrogen-bond acceptors (Lipinski definition) is 5. The van der Waals surface area contributed by atoms with E-state index >= 15 is 0 Å². The van der Waals surface area contributed by atoms with E-state index in [0.29, 0.717) is 34.8 Å². The molecule has 0 saturated carbocycles. The molecule has 0 aliphatic carbocycles. The van der Waals surface area contributed by atoms with Crippen LogP contribution in [0.5, 0.6) is 11.5 Å². The molecule has 2 N–H and O–H groups in total. The van der Waals surface area contributed by atoms with Gasteiger partial charge in [-0.2, -0.15) is 0 Å². The van der Waals surface area contributed by atoms with Crippen molar-refractivity contribution < 1.29 is 23.5 Å². The fourth-order valence-electron chi connectivity index (χ4n) is 3.30. The number of hydrazine groups is 1. The van der Waals surface area contributed by atoms with Gasteiger partial charge < -0.3 is 13.9 Å². The van der Waals surface area contributed by atoms with Gasteiger partial charge in [0.1, 0.15) is 12.2 Å². The largest absolute Gasteiger partial charge is 0.493 e. The Morgan fingerprint density at radius 1 is 0.875 bits per heavy atom. The van der Waals surface area contributed by atoms with Crippen LogP contribution in [-0.4, -0.2) is 18.9 Å². The van der Waals surface area contributed by atoms with Crippen molar-refractivity contribution in [2.75, 3.05) is 7.11 Å². The van der Waals surface area contributed by atoms with E-state index in [1.54, 1.807) is 31.2 Å². The van der Waals surface area contributed by atoms with Crippen LogP contribution in [0.15, 0.2) is 77.2 Å². The molecule has 0 aliphatic rings. The number of aryl methyl sites for hydroxylation is 1. The van der Waals surface area contributed by atoms with Gasteiger partial charge in [0.15, 0.2) is 17.3 Å². The molecule has 2 amide bonds. The number of furan rings is 1. The molecule has 162 valence electrons. The van der Waals surface area contributed by atoms with E-state index in [1.807, 2.05) is 48.5 Å². The number of amides is 2. The van der Waals surface area contributed by atoms with Crippen molar-refractivity contribution in [2.24, 2.45) is 0 Å². The van der Waals surface area contributed by atoms with E-state index in [4.69, 9.17) is 13.9 Å². The van der Waals surface area contributed by atoms with Gasteiger partial charge in [-0.15, -0.1) is 0 Å². The van der Waals surface area contributed by atoms with E-state index in [0.717, 1.165) is 10.9 Å². The zero-order valence-corrected chi connectivity index (χ0v) is 17.7. The zero-order chi connectivity index (χ0) is 22.5. The number of ether oxygens (including phenoxy) is 2. The highest BCUT2D eigenvalue weighted by Crippen LogP contribution is 2.29. The van der Waals surface area contributed by atoms with Gasteiger partial charge in [0, 0.05) is 16.5 Å². The fraction of sp³-hybridized carbons (Fsp3) is 0.120. The van der Waals surface area contributed by atoms with Crippen LogP contribution < -0.4 is 20.3 Å². The first-order valence-corrected chi connectivity index (χ1v) is 10.0. The van der Waals surface area contributed by atoms with Gasteiger partial charge >= 0.3 is 5.91 Å². The predicted molar refractivity (Wildman–Crippen MR) is 120 cm³/mol. The second kappa shape index (κ2) is 9.26. The maximum atomic E-state index is 12.5. The highest BCUT2D eigenvalue weighted by molar-refractivity contribution is 6.01. The normalized spacial score (nSPS) is 10.6. The molecule has 0 spiro atoms. The van der Waals surface area contributed by atoms with Crippen LogP contribution in [0, 0.1) is 6.92 Å². The number of rotatable bonds is 6. The average molecular weight is 430 g/mol. The second-order valence-corrected chi connectivity index (χ2v) is 7.10. The fourth-order valence-corrected chi connectivity index (χ4v) is 3.30. The highest BCUT2D eigenvalue weighted by Gasteiger charge is 2.18. The third kappa shape index (κ3) is 4.41. The quantitative estimate of drug-likeness (QED) is 0.443. The van der Waals surface area contributed by atoms with Crippen molar-refractivity contribution in [3.63, 3.8) is 0 Å². The van der Waals surface area contributed by atoms with Crippen molar-refractivity contribution in [3.05, 3.63) is 95.2 Å². The number of para-hydroxylation sites is 1. The highest BCUT2D eigenvalue weighted by atomic mass is 16.5. The average Bonchev–Trinajstić information content (AvgIpc) is 3.18. The van der Waals surface area contributed by atoms with Crippen molar-refractivity contribution in [3.8, 4) is 11.5 Å². The van der Waals surface area contributed by atoms with E-state index in [2.05, 4.69) is 10.9 Å². The summed E-state index contributed by atoms with van der Waals surface area (Å²) in [6.07, 6.45) is 0. The summed E-state index contributed by atoms with van der Waals surface area (Å²) >= 11 is 0. The molecule has 4 rings (SSSR count). The minimum Gasteiger partial charge on any atom is -0.493 e. The number of fused-ring (bicyclic) bond motifs is 1. The Morgan fingerprint density at radius 3 is 2.34 bits per heavy atom. The molecule has 0 saturated heterocycles. The molecule has 0 radical (unpaired) electrons. The van der Waals surface area contributed by atoms with E-state index < -0.39 is 11.8 Å². The van der Waals surface area contributed by atoms with Gasteiger partial charge in [0.25, 0.3) is 5.91 Å². The maximum absolute atomic E-state index is 12.5. The van der Waals surface area contributed by atoms with Crippen LogP contribution in [0.25, 0.3) is 11.0 Å². The van der Waals surface area contributed by atoms with Crippen LogP contribution in [0.3, 0.4) is 0 Å². The first-order chi connectivity index (χ1) is 15.6. The topological polar surface area (TPSA) is 89.8 Å². The maximum Gasteiger partial charge on any atom is 0.305 e. The summed E-state index contributed by atoms with van der Waals surface area (Å²) in [5.74, 6) is 0.0264. The number of carbonyl (C=O) groups excluding carboxylic acids is 2. The Kier molecular flexibility index (Phi) is 6.07. The van der Waals surface area contributed by atoms with Gasteiger partial charge in [0.2, 0.25) is 0 Å². The smallest absolute Gasteiger partial charge is 0.305 e. The summed E-state index contributed by atoms with van der Waals surface area (Å²) in [5, 5.41) is 0.847. The summed E-state index contributed by atoms with van der Waals surface area (Å²) in [5.41, 5.74) is 7.42. The Labute approximate surface area is 184 Å². The predicted octanol–water partition coefficient (Wildman–Crippen LogP) is 4.40. The van der Waals surface area contributed by atoms with Crippen molar-refractivity contribution in [1.82, 2.24) is 10.9 Å². The lowest BCUT2D eigenvalue weighted by Crippen LogP contribution is -2.41. The van der Waals surface area contributed by atoms with E-state index in [9.17, 15) is 9.59 Å². The molecule has 7 heteroatoms. The third-order valence-corrected chi connectivity index (χ3v) is 5.00. The van der Waals surface area contributed by atoms with Crippen LogP contribution in [0.4, 0.5) is 0 Å². The molecular weight excluding hydrogens is 408 g/mol. The molecule has 0 bridgehead atoms. The summed E-state index contributed by atoms with van der Waals surface area (Å²) < 4.78 is 16.8. The van der Waals surface area contributed by atoms with Crippen LogP contribution in [0.2, 0.25) is 0 Å². The van der Waals surface area contributed by atoms with Crippen LogP contribution in [0.1, 0.15) is 32.0 Å². The van der Waals surface area contributed by atoms with E-state index in [-0.39, 0.29) is 5.76 Å². The number of carbonyl (C=O) groups is 2. The van der Waals surface area contributed by atoms with Gasteiger partial charge in [-0.05, 0) is 36.8 Å². The van der Waals surface area contributed by atoms with Crippen LogP contribution >= 0.6 is 0 Å². The van der Waals surface area contributed by atoms with Gasteiger partial charge in [0.05, 0.1) is 7.11 Å². The lowest BCUT2D eigenvalue weighted by Gasteiger charge is -2.12. The molecule has 0 unspecified atom stereocenters. The summed E-state index contributed by atoms with van der Waals surface area (Å²) in [6.45, 7) is 2.16. The first kappa shape index (κ1) is 21.0. The van der Waals surface area contributed by atoms with Crippen molar-refractivity contribution >= 4 is 22.8 Å². The Bertz CT molecular complexity index is 1260. The lowest BCUT2D eigenvalue weighted by molar-refractivity contribution is 0.0831. The molecule has 1 heterocycles. The van der Waals surface area contributed by atoms with Crippen molar-refractivity contribution in [1.29, 1.82) is 0 Å². The number of nitrogens with one attached hydrogen (secondary N) is 2.